The summed E-state index contributed by atoms with van der Waals surface area (Å²) in [6, 6.07) is 100. The van der Waals surface area contributed by atoms with E-state index in [1.165, 1.54) is 154 Å². The summed E-state index contributed by atoms with van der Waals surface area (Å²) in [5.74, 6) is 0. The molecular weight excluding hydrogens is 901 g/mol. The maximum Gasteiger partial charge on any atom is 0.0159 e. The second-order valence-electron chi connectivity index (χ2n) is 21.1. The first-order valence-corrected chi connectivity index (χ1v) is 26.3. The molecule has 0 bridgehead atoms. The lowest BCUT2D eigenvalue weighted by atomic mass is 9.79. The third-order valence-electron chi connectivity index (χ3n) is 16.6. The van der Waals surface area contributed by atoms with Crippen molar-refractivity contribution in [1.82, 2.24) is 0 Å². The maximum absolute atomic E-state index is 2.56. The van der Waals surface area contributed by atoms with Gasteiger partial charge in [0.2, 0.25) is 0 Å². The SMILES string of the molecule is CC1(C)c2cc(-c3cc(-c4cccc5ccccc45)cc(-c4cccc5ccccc45)c3)c3ccccc3c2-c2c1cc(-c1cc(-c3cccc4ccccc34)cc(-c3cccc4ccccc34)c1)c1ccccc21. The minimum absolute atomic E-state index is 0.334. The summed E-state index contributed by atoms with van der Waals surface area (Å²) >= 11 is 0. The van der Waals surface area contributed by atoms with Gasteiger partial charge in [-0.3, -0.25) is 0 Å². The van der Waals surface area contributed by atoms with Gasteiger partial charge in [0.15, 0.2) is 0 Å². The summed E-state index contributed by atoms with van der Waals surface area (Å²) in [7, 11) is 0. The van der Waals surface area contributed by atoms with Crippen LogP contribution in [-0.4, -0.2) is 0 Å². The molecule has 0 aromatic heterocycles. The van der Waals surface area contributed by atoms with Crippen molar-refractivity contribution in [2.75, 3.05) is 0 Å². The molecule has 0 heteroatoms. The average molecular weight is 951 g/mol. The first kappa shape index (κ1) is 43.2. The van der Waals surface area contributed by atoms with Gasteiger partial charge in [0, 0.05) is 5.41 Å². The molecule has 1 aliphatic carbocycles. The van der Waals surface area contributed by atoms with Crippen LogP contribution in [0.3, 0.4) is 0 Å². The van der Waals surface area contributed by atoms with E-state index in [0.29, 0.717) is 0 Å². The molecule has 0 spiro atoms. The molecule has 0 amide bonds. The van der Waals surface area contributed by atoms with Gasteiger partial charge in [-0.25, -0.2) is 0 Å². The molecule has 0 nitrogen and oxygen atoms in total. The minimum atomic E-state index is -0.334. The van der Waals surface area contributed by atoms with E-state index in [1.807, 2.05) is 0 Å². The number of rotatable bonds is 6. The molecule has 0 radical (unpaired) electrons. The third-order valence-corrected chi connectivity index (χ3v) is 16.6. The number of fused-ring (bicyclic) bond motifs is 11. The highest BCUT2D eigenvalue weighted by atomic mass is 14.4. The first-order chi connectivity index (χ1) is 36.9. The van der Waals surface area contributed by atoms with E-state index in [2.05, 4.69) is 281 Å². The van der Waals surface area contributed by atoms with Crippen LogP contribution < -0.4 is 0 Å². The molecule has 0 saturated carbocycles. The minimum Gasteiger partial charge on any atom is -0.0616 e. The van der Waals surface area contributed by atoms with Crippen molar-refractivity contribution in [3.8, 4) is 77.9 Å². The van der Waals surface area contributed by atoms with Crippen LogP contribution in [0.5, 0.6) is 0 Å². The molecule has 0 aliphatic heterocycles. The molecule has 75 heavy (non-hydrogen) atoms. The third kappa shape index (κ3) is 6.83. The van der Waals surface area contributed by atoms with Crippen LogP contribution in [0.1, 0.15) is 25.0 Å². The fraction of sp³-hybridized carbons (Fsp3) is 0.0400. The Balaban J connectivity index is 0.974. The lowest BCUT2D eigenvalue weighted by Gasteiger charge is -2.24. The van der Waals surface area contributed by atoms with Gasteiger partial charge in [0.25, 0.3) is 0 Å². The molecule has 0 unspecified atom stereocenters. The molecule has 0 heterocycles. The molecule has 0 saturated heterocycles. The van der Waals surface area contributed by atoms with Crippen LogP contribution in [0.25, 0.3) is 143 Å². The summed E-state index contributed by atoms with van der Waals surface area (Å²) in [6.07, 6.45) is 0. The van der Waals surface area contributed by atoms with E-state index in [4.69, 9.17) is 0 Å². The predicted octanol–water partition coefficient (Wildman–Crippen LogP) is 20.9. The monoisotopic (exact) mass is 950 g/mol. The topological polar surface area (TPSA) is 0 Å². The van der Waals surface area contributed by atoms with E-state index in [0.717, 1.165) is 0 Å². The zero-order valence-corrected chi connectivity index (χ0v) is 41.9. The van der Waals surface area contributed by atoms with Gasteiger partial charge in [-0.15, -0.1) is 0 Å². The van der Waals surface area contributed by atoms with E-state index in [-0.39, 0.29) is 5.41 Å². The van der Waals surface area contributed by atoms with Gasteiger partial charge in [0.05, 0.1) is 0 Å². The van der Waals surface area contributed by atoms with E-state index in [9.17, 15) is 0 Å². The van der Waals surface area contributed by atoms with E-state index in [1.54, 1.807) is 0 Å². The van der Waals surface area contributed by atoms with Crippen LogP contribution in [-0.2, 0) is 5.41 Å². The van der Waals surface area contributed by atoms with Crippen LogP contribution >= 0.6 is 0 Å². The van der Waals surface area contributed by atoms with Crippen molar-refractivity contribution >= 4 is 64.6 Å². The van der Waals surface area contributed by atoms with Crippen LogP contribution in [0, 0.1) is 0 Å². The van der Waals surface area contributed by atoms with Crippen molar-refractivity contribution < 1.29 is 0 Å². The zero-order chi connectivity index (χ0) is 49.8. The molecule has 15 rings (SSSR count). The Labute approximate surface area is 437 Å². The van der Waals surface area contributed by atoms with E-state index >= 15 is 0 Å². The fourth-order valence-electron chi connectivity index (χ4n) is 13.0. The molecule has 350 valence electrons. The Morgan fingerprint density at radius 1 is 0.200 bits per heavy atom. The largest absolute Gasteiger partial charge is 0.0616 e. The van der Waals surface area contributed by atoms with Crippen LogP contribution in [0.15, 0.2) is 267 Å². The van der Waals surface area contributed by atoms with Gasteiger partial charge >= 0.3 is 0 Å². The Kier molecular flexibility index (Phi) is 9.72. The van der Waals surface area contributed by atoms with E-state index < -0.39 is 0 Å². The standard InChI is InChI=1S/C75H50/c1-75(2)71-45-69(55-41-51(61-35-15-23-47-19-3-7-27-57(47)61)39-52(42-55)62-36-16-24-48-20-4-8-28-58(48)62)65-31-11-13-33-67(65)73(71)74-68-34-14-12-32-66(68)70(46-72(74)75)56-43-53(63-37-17-25-49-21-5-9-29-59(49)63)40-54(44-56)64-38-18-26-50-22-6-10-30-60(50)64/h3-46H,1-2H3. The summed E-state index contributed by atoms with van der Waals surface area (Å²) < 4.78 is 0. The van der Waals surface area contributed by atoms with Crippen molar-refractivity contribution in [3.63, 3.8) is 0 Å². The normalized spacial score (nSPS) is 12.8. The van der Waals surface area contributed by atoms with Crippen molar-refractivity contribution in [3.05, 3.63) is 278 Å². The molecule has 14 aromatic rings. The van der Waals surface area contributed by atoms with Gasteiger partial charge in [-0.1, -0.05) is 232 Å². The maximum atomic E-state index is 2.56. The van der Waals surface area contributed by atoms with Gasteiger partial charge < -0.3 is 0 Å². The smallest absolute Gasteiger partial charge is 0.0159 e. The predicted molar refractivity (Wildman–Crippen MR) is 322 cm³/mol. The summed E-state index contributed by atoms with van der Waals surface area (Å²) in [5.41, 5.74) is 19.8. The quantitative estimate of drug-likeness (QED) is 0.156. The van der Waals surface area contributed by atoms with Crippen molar-refractivity contribution in [1.29, 1.82) is 0 Å². The Morgan fingerprint density at radius 3 is 0.720 bits per heavy atom. The number of hydrogen-bond donors (Lipinski definition) is 0. The lowest BCUT2D eigenvalue weighted by Crippen LogP contribution is -2.15. The van der Waals surface area contributed by atoms with Gasteiger partial charge in [-0.05, 0) is 202 Å². The van der Waals surface area contributed by atoms with Crippen molar-refractivity contribution in [2.24, 2.45) is 0 Å². The second kappa shape index (κ2) is 16.9. The Morgan fingerprint density at radius 2 is 0.427 bits per heavy atom. The number of hydrogen-bond acceptors (Lipinski definition) is 0. The molecular formula is C75H50. The highest BCUT2D eigenvalue weighted by Gasteiger charge is 2.39. The number of benzene rings is 14. The fourth-order valence-corrected chi connectivity index (χ4v) is 13.0. The molecule has 0 N–H and O–H groups in total. The Bertz CT molecular complexity index is 4170. The lowest BCUT2D eigenvalue weighted by molar-refractivity contribution is 0.661. The summed E-state index contributed by atoms with van der Waals surface area (Å²) in [4.78, 5) is 0. The average Bonchev–Trinajstić information content (AvgIpc) is 3.71. The zero-order valence-electron chi connectivity index (χ0n) is 41.9. The second-order valence-corrected chi connectivity index (χ2v) is 21.1. The highest BCUT2D eigenvalue weighted by molar-refractivity contribution is 6.17. The van der Waals surface area contributed by atoms with Crippen LogP contribution in [0.2, 0.25) is 0 Å². The van der Waals surface area contributed by atoms with Gasteiger partial charge in [-0.2, -0.15) is 0 Å². The van der Waals surface area contributed by atoms with Gasteiger partial charge in [0.1, 0.15) is 0 Å². The first-order valence-electron chi connectivity index (χ1n) is 26.3. The van der Waals surface area contributed by atoms with Crippen molar-refractivity contribution in [2.45, 2.75) is 19.3 Å². The molecule has 0 fully saturated rings. The molecule has 0 atom stereocenters. The molecule has 1 aliphatic rings. The summed E-state index contributed by atoms with van der Waals surface area (Å²) in [6.45, 7) is 4.91. The molecule has 14 aromatic carbocycles. The Hall–Kier alpha value is -9.36. The summed E-state index contributed by atoms with van der Waals surface area (Å²) in [5, 5.41) is 15.1. The highest BCUT2D eigenvalue weighted by Crippen LogP contribution is 2.57. The van der Waals surface area contributed by atoms with Crippen LogP contribution in [0.4, 0.5) is 0 Å².